The lowest BCUT2D eigenvalue weighted by atomic mass is 10.1. The highest BCUT2D eigenvalue weighted by molar-refractivity contribution is 5.77. The molecule has 0 aromatic rings. The van der Waals surface area contributed by atoms with E-state index in [1.807, 2.05) is 0 Å². The Kier molecular flexibility index (Phi) is 4.54. The van der Waals surface area contributed by atoms with Gasteiger partial charge in [0, 0.05) is 25.6 Å². The maximum atomic E-state index is 7.37. The van der Waals surface area contributed by atoms with Crippen LogP contribution >= 0.6 is 0 Å². The fraction of sp³-hybridized carbons (Fsp3) is 0.909. The highest BCUT2D eigenvalue weighted by atomic mass is 16.5. The molecule has 15 heavy (non-hydrogen) atoms. The van der Waals surface area contributed by atoms with Gasteiger partial charge in [0.15, 0.2) is 0 Å². The maximum Gasteiger partial charge on any atom is 0.0921 e. The second-order valence-electron chi connectivity index (χ2n) is 4.50. The molecule has 1 rings (SSSR count). The first-order chi connectivity index (χ1) is 7.02. The van der Waals surface area contributed by atoms with Gasteiger partial charge in [0.25, 0.3) is 0 Å². The molecule has 0 amide bonds. The van der Waals surface area contributed by atoms with Crippen LogP contribution in [-0.4, -0.2) is 42.1 Å². The minimum absolute atomic E-state index is 0.286. The van der Waals surface area contributed by atoms with Crippen LogP contribution < -0.4 is 5.73 Å². The van der Waals surface area contributed by atoms with Crippen molar-refractivity contribution in [2.24, 2.45) is 5.73 Å². The van der Waals surface area contributed by atoms with Crippen molar-refractivity contribution in [1.82, 2.24) is 4.90 Å². The van der Waals surface area contributed by atoms with Crippen molar-refractivity contribution >= 4 is 5.84 Å². The third-order valence-electron chi connectivity index (χ3n) is 2.89. The molecule has 1 aliphatic heterocycles. The Hall–Kier alpha value is -0.610. The van der Waals surface area contributed by atoms with Gasteiger partial charge < -0.3 is 10.5 Å². The molecule has 4 nitrogen and oxygen atoms in total. The van der Waals surface area contributed by atoms with Gasteiger partial charge in [-0.3, -0.25) is 10.3 Å². The maximum absolute atomic E-state index is 7.37. The molecule has 0 spiro atoms. The second-order valence-corrected chi connectivity index (χ2v) is 4.50. The molecule has 0 saturated carbocycles. The number of morpholine rings is 1. The van der Waals surface area contributed by atoms with Gasteiger partial charge >= 0.3 is 0 Å². The summed E-state index contributed by atoms with van der Waals surface area (Å²) in [6, 6.07) is 0.399. The van der Waals surface area contributed by atoms with E-state index in [1.165, 1.54) is 0 Å². The smallest absolute Gasteiger partial charge is 0.0921 e. The molecule has 4 heteroatoms. The molecule has 3 N–H and O–H groups in total. The van der Waals surface area contributed by atoms with Gasteiger partial charge in [0.2, 0.25) is 0 Å². The van der Waals surface area contributed by atoms with E-state index in [2.05, 4.69) is 25.7 Å². The van der Waals surface area contributed by atoms with E-state index >= 15 is 0 Å². The first kappa shape index (κ1) is 12.5. The first-order valence-electron chi connectivity index (χ1n) is 5.75. The van der Waals surface area contributed by atoms with E-state index in [0.29, 0.717) is 12.5 Å². The number of rotatable bonds is 4. The van der Waals surface area contributed by atoms with Crippen LogP contribution in [0.3, 0.4) is 0 Å². The van der Waals surface area contributed by atoms with Gasteiger partial charge in [0.05, 0.1) is 18.0 Å². The van der Waals surface area contributed by atoms with Crippen molar-refractivity contribution < 1.29 is 4.74 Å². The molecular weight excluding hydrogens is 190 g/mol. The summed E-state index contributed by atoms with van der Waals surface area (Å²) in [5.74, 6) is 0.286. The quantitative estimate of drug-likeness (QED) is 0.545. The number of nitrogens with two attached hydrogens (primary N) is 1. The Morgan fingerprint density at radius 3 is 2.40 bits per heavy atom. The fourth-order valence-electron chi connectivity index (χ4n) is 2.30. The van der Waals surface area contributed by atoms with Crippen LogP contribution in [0.1, 0.15) is 33.6 Å². The summed E-state index contributed by atoms with van der Waals surface area (Å²) >= 11 is 0. The van der Waals surface area contributed by atoms with Crippen molar-refractivity contribution in [2.75, 3.05) is 13.1 Å². The van der Waals surface area contributed by atoms with Crippen LogP contribution in [-0.2, 0) is 4.74 Å². The molecule has 88 valence electrons. The van der Waals surface area contributed by atoms with Crippen molar-refractivity contribution in [3.8, 4) is 0 Å². The highest BCUT2D eigenvalue weighted by Crippen LogP contribution is 2.17. The Morgan fingerprint density at radius 1 is 1.47 bits per heavy atom. The molecule has 0 bridgehead atoms. The van der Waals surface area contributed by atoms with Crippen molar-refractivity contribution in [2.45, 2.75) is 51.9 Å². The summed E-state index contributed by atoms with van der Waals surface area (Å²) in [6.07, 6.45) is 2.29. The van der Waals surface area contributed by atoms with Crippen LogP contribution in [0.4, 0.5) is 0 Å². The van der Waals surface area contributed by atoms with E-state index in [-0.39, 0.29) is 18.0 Å². The van der Waals surface area contributed by atoms with Gasteiger partial charge in [0.1, 0.15) is 0 Å². The number of nitrogens with one attached hydrogen (secondary N) is 1. The molecular formula is C11H23N3O. The number of amidine groups is 1. The van der Waals surface area contributed by atoms with Crippen molar-refractivity contribution in [3.05, 3.63) is 0 Å². The summed E-state index contributed by atoms with van der Waals surface area (Å²) in [4.78, 5) is 2.40. The standard InChI is InChI=1S/C11H23N3O/c1-4-10(5-11(12)13)14-6-8(2)15-9(3)7-14/h8-10H,4-7H2,1-3H3,(H3,12,13)/t8-,9+,10?. The van der Waals surface area contributed by atoms with Crippen LogP contribution in [0.2, 0.25) is 0 Å². The molecule has 1 aliphatic rings. The third kappa shape index (κ3) is 3.80. The van der Waals surface area contributed by atoms with Crippen LogP contribution in [0.15, 0.2) is 0 Å². The lowest BCUT2D eigenvalue weighted by Gasteiger charge is -2.39. The number of nitrogens with zero attached hydrogens (tertiary/aromatic N) is 1. The van der Waals surface area contributed by atoms with Gasteiger partial charge in [-0.25, -0.2) is 0 Å². The molecule has 3 atom stereocenters. The zero-order chi connectivity index (χ0) is 11.4. The van der Waals surface area contributed by atoms with E-state index in [1.54, 1.807) is 0 Å². The van der Waals surface area contributed by atoms with Crippen molar-refractivity contribution in [3.63, 3.8) is 0 Å². The lowest BCUT2D eigenvalue weighted by molar-refractivity contribution is -0.0799. The largest absolute Gasteiger partial charge is 0.388 e. The molecule has 0 radical (unpaired) electrons. The van der Waals surface area contributed by atoms with E-state index in [4.69, 9.17) is 15.9 Å². The Labute approximate surface area is 92.3 Å². The summed E-state index contributed by atoms with van der Waals surface area (Å²) < 4.78 is 5.69. The summed E-state index contributed by atoms with van der Waals surface area (Å²) in [7, 11) is 0. The second kappa shape index (κ2) is 5.47. The minimum Gasteiger partial charge on any atom is -0.388 e. The van der Waals surface area contributed by atoms with E-state index in [0.717, 1.165) is 19.5 Å². The van der Waals surface area contributed by atoms with Crippen molar-refractivity contribution in [1.29, 1.82) is 5.41 Å². The highest BCUT2D eigenvalue weighted by Gasteiger charge is 2.27. The molecule has 0 aromatic heterocycles. The Balaban J connectivity index is 2.54. The van der Waals surface area contributed by atoms with E-state index < -0.39 is 0 Å². The Bertz CT molecular complexity index is 210. The summed E-state index contributed by atoms with van der Waals surface area (Å²) in [5.41, 5.74) is 5.47. The normalized spacial score (nSPS) is 30.1. The predicted molar refractivity (Wildman–Crippen MR) is 62.2 cm³/mol. The minimum atomic E-state index is 0.286. The van der Waals surface area contributed by atoms with Gasteiger partial charge in [-0.05, 0) is 20.3 Å². The number of hydrogen-bond acceptors (Lipinski definition) is 3. The van der Waals surface area contributed by atoms with Crippen LogP contribution in [0.25, 0.3) is 0 Å². The zero-order valence-corrected chi connectivity index (χ0v) is 9.99. The molecule has 0 aliphatic carbocycles. The number of ether oxygens (including phenoxy) is 1. The molecule has 1 heterocycles. The Morgan fingerprint density at radius 2 is 2.00 bits per heavy atom. The van der Waals surface area contributed by atoms with Gasteiger partial charge in [-0.1, -0.05) is 6.92 Å². The van der Waals surface area contributed by atoms with Gasteiger partial charge in [-0.15, -0.1) is 0 Å². The predicted octanol–water partition coefficient (Wildman–Crippen LogP) is 1.20. The average Bonchev–Trinajstić information content (AvgIpc) is 2.12. The molecule has 0 aromatic carbocycles. The number of hydrogen-bond donors (Lipinski definition) is 2. The zero-order valence-electron chi connectivity index (χ0n) is 9.99. The molecule has 1 saturated heterocycles. The third-order valence-corrected chi connectivity index (χ3v) is 2.89. The SMILES string of the molecule is CCC(CC(=N)N)N1C[C@@H](C)O[C@@H](C)C1. The first-order valence-corrected chi connectivity index (χ1v) is 5.75. The average molecular weight is 213 g/mol. The lowest BCUT2D eigenvalue weighted by Crippen LogP contribution is -2.50. The monoisotopic (exact) mass is 213 g/mol. The van der Waals surface area contributed by atoms with Gasteiger partial charge in [-0.2, -0.15) is 0 Å². The van der Waals surface area contributed by atoms with E-state index in [9.17, 15) is 0 Å². The summed E-state index contributed by atoms with van der Waals surface area (Å²) in [6.45, 7) is 8.26. The molecule has 1 fully saturated rings. The summed E-state index contributed by atoms with van der Waals surface area (Å²) in [5, 5.41) is 7.37. The molecule has 1 unspecified atom stereocenters. The van der Waals surface area contributed by atoms with Crippen LogP contribution in [0, 0.1) is 5.41 Å². The fourth-order valence-corrected chi connectivity index (χ4v) is 2.30. The van der Waals surface area contributed by atoms with Crippen LogP contribution in [0.5, 0.6) is 0 Å². The topological polar surface area (TPSA) is 62.3 Å².